The lowest BCUT2D eigenvalue weighted by Crippen LogP contribution is -2.42. The van der Waals surface area contributed by atoms with Crippen LogP contribution in [0.25, 0.3) is 0 Å². The molecule has 1 saturated heterocycles. The molecule has 0 bridgehead atoms. The molecule has 0 aromatic rings. The first kappa shape index (κ1) is 11.5. The fraction of sp³-hybridized carbons (Fsp3) is 0.667. The van der Waals surface area contributed by atoms with E-state index in [0.29, 0.717) is 12.8 Å². The van der Waals surface area contributed by atoms with E-state index in [1.807, 2.05) is 0 Å². The van der Waals surface area contributed by atoms with Gasteiger partial charge in [-0.3, -0.25) is 14.4 Å². The van der Waals surface area contributed by atoms with Crippen molar-refractivity contribution in [1.29, 1.82) is 0 Å². The number of nitrogens with one attached hydrogen (secondary N) is 2. The molecule has 0 saturated carbocycles. The molecule has 84 valence electrons. The highest BCUT2D eigenvalue weighted by atomic mass is 16.5. The highest BCUT2D eigenvalue weighted by Crippen LogP contribution is 2.05. The highest BCUT2D eigenvalue weighted by molar-refractivity contribution is 5.90. The Morgan fingerprint density at radius 3 is 2.87 bits per heavy atom. The quantitative estimate of drug-likeness (QED) is 0.584. The Morgan fingerprint density at radius 2 is 2.33 bits per heavy atom. The summed E-state index contributed by atoms with van der Waals surface area (Å²) in [6.07, 6.45) is 1.04. The Morgan fingerprint density at radius 1 is 1.60 bits per heavy atom. The van der Waals surface area contributed by atoms with Gasteiger partial charge in [-0.05, 0) is 6.42 Å². The minimum absolute atomic E-state index is 0.108. The van der Waals surface area contributed by atoms with Crippen LogP contribution >= 0.6 is 0 Å². The van der Waals surface area contributed by atoms with Crippen molar-refractivity contribution in [3.05, 3.63) is 0 Å². The van der Waals surface area contributed by atoms with E-state index in [1.54, 1.807) is 0 Å². The van der Waals surface area contributed by atoms with Crippen LogP contribution in [0, 0.1) is 0 Å². The van der Waals surface area contributed by atoms with Crippen molar-refractivity contribution in [1.82, 2.24) is 10.6 Å². The van der Waals surface area contributed by atoms with E-state index < -0.39 is 6.04 Å². The molecule has 1 fully saturated rings. The molecule has 1 rings (SSSR count). The minimum atomic E-state index is -0.449. The maximum absolute atomic E-state index is 11.4. The largest absolute Gasteiger partial charge is 0.469 e. The fourth-order valence-corrected chi connectivity index (χ4v) is 1.32. The van der Waals surface area contributed by atoms with E-state index in [-0.39, 0.29) is 30.7 Å². The van der Waals surface area contributed by atoms with Crippen molar-refractivity contribution in [3.63, 3.8) is 0 Å². The zero-order chi connectivity index (χ0) is 11.3. The molecule has 2 amide bonds. The summed E-state index contributed by atoms with van der Waals surface area (Å²) in [6.45, 7) is 0.234. The summed E-state index contributed by atoms with van der Waals surface area (Å²) < 4.78 is 4.41. The summed E-state index contributed by atoms with van der Waals surface area (Å²) >= 11 is 0. The molecule has 0 spiro atoms. The van der Waals surface area contributed by atoms with Crippen LogP contribution in [0.4, 0.5) is 0 Å². The molecule has 2 N–H and O–H groups in total. The molecule has 15 heavy (non-hydrogen) atoms. The molecule has 1 atom stereocenters. The molecule has 0 radical (unpaired) electrons. The summed E-state index contributed by atoms with van der Waals surface area (Å²) in [5.41, 5.74) is 0. The first-order valence-electron chi connectivity index (χ1n) is 4.77. The van der Waals surface area contributed by atoms with Crippen LogP contribution in [0.1, 0.15) is 19.3 Å². The highest BCUT2D eigenvalue weighted by Gasteiger charge is 2.26. The maximum atomic E-state index is 11.4. The molecule has 1 aliphatic rings. The topological polar surface area (TPSA) is 84.5 Å². The van der Waals surface area contributed by atoms with Crippen LogP contribution in [-0.2, 0) is 19.1 Å². The molecule has 6 nitrogen and oxygen atoms in total. The number of hydrogen-bond acceptors (Lipinski definition) is 4. The van der Waals surface area contributed by atoms with Gasteiger partial charge in [-0.1, -0.05) is 0 Å². The van der Waals surface area contributed by atoms with Crippen LogP contribution in [-0.4, -0.2) is 37.5 Å². The molecular formula is C9H14N2O4. The van der Waals surface area contributed by atoms with Gasteiger partial charge in [0, 0.05) is 13.0 Å². The first-order chi connectivity index (χ1) is 7.13. The Bertz CT molecular complexity index is 277. The predicted octanol–water partition coefficient (Wildman–Crippen LogP) is -1.06. The van der Waals surface area contributed by atoms with Crippen molar-refractivity contribution >= 4 is 17.8 Å². The van der Waals surface area contributed by atoms with Gasteiger partial charge in [0.1, 0.15) is 6.04 Å². The molecule has 1 heterocycles. The Kier molecular flexibility index (Phi) is 4.08. The van der Waals surface area contributed by atoms with E-state index in [9.17, 15) is 14.4 Å². The van der Waals surface area contributed by atoms with Gasteiger partial charge in [0.25, 0.3) is 0 Å². The van der Waals surface area contributed by atoms with Crippen LogP contribution in [0.5, 0.6) is 0 Å². The van der Waals surface area contributed by atoms with Gasteiger partial charge in [0.2, 0.25) is 11.8 Å². The number of methoxy groups -OCH3 is 1. The summed E-state index contributed by atoms with van der Waals surface area (Å²) in [5, 5.41) is 5.09. The molecule has 0 aromatic heterocycles. The summed E-state index contributed by atoms with van der Waals surface area (Å²) in [6, 6.07) is -0.449. The zero-order valence-corrected chi connectivity index (χ0v) is 8.54. The number of carbonyl (C=O) groups is 3. The molecular weight excluding hydrogens is 200 g/mol. The van der Waals surface area contributed by atoms with Crippen molar-refractivity contribution in [3.8, 4) is 0 Å². The third kappa shape index (κ3) is 3.57. The smallest absolute Gasteiger partial charge is 0.307 e. The van der Waals surface area contributed by atoms with Gasteiger partial charge in [-0.15, -0.1) is 0 Å². The van der Waals surface area contributed by atoms with E-state index in [2.05, 4.69) is 15.4 Å². The molecule has 0 aromatic carbocycles. The van der Waals surface area contributed by atoms with E-state index in [1.165, 1.54) is 7.11 Å². The number of hydrogen-bond donors (Lipinski definition) is 2. The van der Waals surface area contributed by atoms with E-state index in [4.69, 9.17) is 0 Å². The zero-order valence-electron chi connectivity index (χ0n) is 8.54. The number of ether oxygens (including phenoxy) is 1. The predicted molar refractivity (Wildman–Crippen MR) is 50.8 cm³/mol. The van der Waals surface area contributed by atoms with Gasteiger partial charge >= 0.3 is 5.97 Å². The number of amides is 2. The Balaban J connectivity index is 2.19. The summed E-state index contributed by atoms with van der Waals surface area (Å²) in [5.74, 6) is -0.723. The average Bonchev–Trinajstić information content (AvgIpc) is 2.64. The van der Waals surface area contributed by atoms with Gasteiger partial charge in [0.15, 0.2) is 0 Å². The number of carbonyl (C=O) groups excluding carboxylic acids is 3. The monoisotopic (exact) mass is 214 g/mol. The fourth-order valence-electron chi connectivity index (χ4n) is 1.32. The van der Waals surface area contributed by atoms with Crippen LogP contribution < -0.4 is 10.6 Å². The third-order valence-electron chi connectivity index (χ3n) is 2.17. The lowest BCUT2D eigenvalue weighted by Gasteiger charge is -2.09. The first-order valence-corrected chi connectivity index (χ1v) is 4.77. The van der Waals surface area contributed by atoms with Crippen LogP contribution in [0.15, 0.2) is 0 Å². The molecule has 0 unspecified atom stereocenters. The Hall–Kier alpha value is -1.59. The second-order valence-electron chi connectivity index (χ2n) is 3.28. The Labute approximate surface area is 87.4 Å². The van der Waals surface area contributed by atoms with Gasteiger partial charge in [0.05, 0.1) is 13.5 Å². The summed E-state index contributed by atoms with van der Waals surface area (Å²) in [7, 11) is 1.29. The number of rotatable bonds is 4. The normalized spacial score (nSPS) is 19.5. The summed E-state index contributed by atoms with van der Waals surface area (Å²) in [4.78, 5) is 32.9. The van der Waals surface area contributed by atoms with Crippen molar-refractivity contribution < 1.29 is 19.1 Å². The number of esters is 1. The van der Waals surface area contributed by atoms with Crippen LogP contribution in [0.3, 0.4) is 0 Å². The lowest BCUT2D eigenvalue weighted by molar-refractivity contribution is -0.140. The van der Waals surface area contributed by atoms with Gasteiger partial charge in [-0.2, -0.15) is 0 Å². The van der Waals surface area contributed by atoms with E-state index >= 15 is 0 Å². The second kappa shape index (κ2) is 5.33. The van der Waals surface area contributed by atoms with Gasteiger partial charge < -0.3 is 15.4 Å². The maximum Gasteiger partial charge on any atom is 0.307 e. The molecule has 0 aliphatic carbocycles. The van der Waals surface area contributed by atoms with Crippen molar-refractivity contribution in [2.24, 2.45) is 0 Å². The molecule has 1 aliphatic heterocycles. The van der Waals surface area contributed by atoms with Crippen LogP contribution in [0.2, 0.25) is 0 Å². The second-order valence-corrected chi connectivity index (χ2v) is 3.28. The lowest BCUT2D eigenvalue weighted by atomic mass is 10.2. The SMILES string of the molecule is COC(=O)CCNC(=O)[C@@H]1CCC(=O)N1. The van der Waals surface area contributed by atoms with Gasteiger partial charge in [-0.25, -0.2) is 0 Å². The van der Waals surface area contributed by atoms with Crippen molar-refractivity contribution in [2.75, 3.05) is 13.7 Å². The standard InChI is InChI=1S/C9H14N2O4/c1-15-8(13)4-5-10-9(14)6-2-3-7(12)11-6/h6H,2-5H2,1H3,(H,10,14)(H,11,12)/t6-/m0/s1. The minimum Gasteiger partial charge on any atom is -0.469 e. The third-order valence-corrected chi connectivity index (χ3v) is 2.17. The van der Waals surface area contributed by atoms with Crippen molar-refractivity contribution in [2.45, 2.75) is 25.3 Å². The average molecular weight is 214 g/mol. The molecule has 6 heteroatoms. The van der Waals surface area contributed by atoms with E-state index in [0.717, 1.165) is 0 Å².